The minimum atomic E-state index is -0.346. The molecule has 1 N–H and O–H groups in total. The molecule has 2 aromatic carbocycles. The van der Waals surface area contributed by atoms with E-state index in [-0.39, 0.29) is 12.4 Å². The second-order valence-electron chi connectivity index (χ2n) is 8.03. The molecule has 0 atom stereocenters. The average Bonchev–Trinajstić information content (AvgIpc) is 2.83. The second-order valence-corrected chi connectivity index (χ2v) is 9.00. The number of rotatable bonds is 5. The van der Waals surface area contributed by atoms with Gasteiger partial charge >= 0.3 is 0 Å². The molecule has 3 heterocycles. The van der Waals surface area contributed by atoms with E-state index in [2.05, 4.69) is 41.2 Å². The number of aryl methyl sites for hydroxylation is 2. The summed E-state index contributed by atoms with van der Waals surface area (Å²) < 4.78 is 20.1. The van der Waals surface area contributed by atoms with Gasteiger partial charge in [0.15, 0.2) is 11.6 Å². The molecule has 0 fully saturated rings. The molecule has 0 bridgehead atoms. The summed E-state index contributed by atoms with van der Waals surface area (Å²) in [5, 5.41) is 10.6. The Balaban J connectivity index is 1.59. The highest BCUT2D eigenvalue weighted by atomic mass is 32.2. The van der Waals surface area contributed by atoms with Crippen molar-refractivity contribution in [3.05, 3.63) is 94.1 Å². The van der Waals surface area contributed by atoms with Crippen LogP contribution < -0.4 is 4.74 Å². The summed E-state index contributed by atoms with van der Waals surface area (Å²) >= 11 is 1.60. The highest BCUT2D eigenvalue weighted by Crippen LogP contribution is 2.43. The van der Waals surface area contributed by atoms with Crippen LogP contribution in [0.2, 0.25) is 0 Å². The Bertz CT molecular complexity index is 1340. The van der Waals surface area contributed by atoms with Gasteiger partial charge in [0.25, 0.3) is 0 Å². The molecule has 0 spiro atoms. The Kier molecular flexibility index (Phi) is 5.83. The minimum Gasteiger partial charge on any atom is -0.436 e. The monoisotopic (exact) mass is 459 g/mol. The van der Waals surface area contributed by atoms with Crippen LogP contribution >= 0.6 is 11.8 Å². The van der Waals surface area contributed by atoms with Crippen LogP contribution in [0.1, 0.15) is 33.5 Å². The van der Waals surface area contributed by atoms with Gasteiger partial charge in [0.2, 0.25) is 5.88 Å². The maximum absolute atomic E-state index is 13.9. The topological polar surface area (TPSA) is 68.1 Å². The maximum Gasteiger partial charge on any atom is 0.227 e. The van der Waals surface area contributed by atoms with Crippen LogP contribution in [0.5, 0.6) is 11.6 Å². The van der Waals surface area contributed by atoms with E-state index in [1.807, 2.05) is 6.92 Å². The molecular formula is C26H22FN3O2S. The van der Waals surface area contributed by atoms with Crippen molar-refractivity contribution in [3.63, 3.8) is 0 Å². The van der Waals surface area contributed by atoms with E-state index in [1.165, 1.54) is 23.3 Å². The number of pyridine rings is 1. The largest absolute Gasteiger partial charge is 0.436 e. The van der Waals surface area contributed by atoms with Crippen molar-refractivity contribution in [2.24, 2.45) is 0 Å². The van der Waals surface area contributed by atoms with Gasteiger partial charge in [-0.05, 0) is 31.5 Å². The van der Waals surface area contributed by atoms with E-state index < -0.39 is 0 Å². The lowest BCUT2D eigenvalue weighted by Crippen LogP contribution is -2.13. The van der Waals surface area contributed by atoms with Gasteiger partial charge in [-0.15, -0.1) is 11.8 Å². The van der Waals surface area contributed by atoms with Gasteiger partial charge < -0.3 is 9.84 Å². The predicted octanol–water partition coefficient (Wildman–Crippen LogP) is 5.78. The lowest BCUT2D eigenvalue weighted by molar-refractivity contribution is 0.278. The van der Waals surface area contributed by atoms with E-state index >= 15 is 0 Å². The molecule has 7 heteroatoms. The van der Waals surface area contributed by atoms with Gasteiger partial charge in [0.05, 0.1) is 17.9 Å². The van der Waals surface area contributed by atoms with Crippen molar-refractivity contribution in [2.75, 3.05) is 0 Å². The summed E-state index contributed by atoms with van der Waals surface area (Å²) in [5.74, 6) is 1.85. The summed E-state index contributed by atoms with van der Waals surface area (Å²) in [7, 11) is 0. The first-order chi connectivity index (χ1) is 16.0. The number of ether oxygens (including phenoxy) is 1. The predicted molar refractivity (Wildman–Crippen MR) is 126 cm³/mol. The first-order valence-electron chi connectivity index (χ1n) is 10.6. The summed E-state index contributed by atoms with van der Waals surface area (Å²) in [5.41, 5.74) is 6.19. The number of aromatic nitrogens is 3. The standard InChI is InChI=1S/C26H22FN3O2S/c1-15-6-8-17(9-7-15)14-33-26-22-11-21-19(13-31)12-28-16(2)23(21)32-25(22)29-24(30-26)18-4-3-5-20(27)10-18/h3-10,12,31H,11,13-14H2,1-2H3. The lowest BCUT2D eigenvalue weighted by atomic mass is 9.99. The highest BCUT2D eigenvalue weighted by molar-refractivity contribution is 7.98. The van der Waals surface area contributed by atoms with Crippen LogP contribution in [-0.2, 0) is 18.8 Å². The van der Waals surface area contributed by atoms with Crippen molar-refractivity contribution in [3.8, 4) is 23.0 Å². The van der Waals surface area contributed by atoms with Gasteiger partial charge in [-0.3, -0.25) is 4.98 Å². The molecule has 0 saturated carbocycles. The maximum atomic E-state index is 13.9. The molecule has 4 aromatic rings. The van der Waals surface area contributed by atoms with Crippen molar-refractivity contribution in [1.82, 2.24) is 15.0 Å². The molecule has 0 saturated heterocycles. The number of aliphatic hydroxyl groups excluding tert-OH is 1. The van der Waals surface area contributed by atoms with Crippen molar-refractivity contribution in [2.45, 2.75) is 37.7 Å². The normalized spacial score (nSPS) is 12.1. The van der Waals surface area contributed by atoms with Crippen LogP contribution in [0.15, 0.2) is 59.8 Å². The number of hydrogen-bond acceptors (Lipinski definition) is 6. The van der Waals surface area contributed by atoms with Gasteiger partial charge in [-0.1, -0.05) is 42.0 Å². The quantitative estimate of drug-likeness (QED) is 0.266. The third-order valence-corrected chi connectivity index (χ3v) is 6.73. The van der Waals surface area contributed by atoms with Crippen LogP contribution in [0.25, 0.3) is 11.4 Å². The Morgan fingerprint density at radius 1 is 1.06 bits per heavy atom. The molecule has 0 radical (unpaired) electrons. The number of aliphatic hydroxyl groups is 1. The molecule has 166 valence electrons. The average molecular weight is 460 g/mol. The molecule has 2 aromatic heterocycles. The number of fused-ring (bicyclic) bond motifs is 2. The highest BCUT2D eigenvalue weighted by Gasteiger charge is 2.27. The van der Waals surface area contributed by atoms with Gasteiger partial charge in [-0.2, -0.15) is 4.98 Å². The molecule has 1 aliphatic rings. The van der Waals surface area contributed by atoms with Crippen LogP contribution in [-0.4, -0.2) is 20.1 Å². The third kappa shape index (κ3) is 4.34. The number of nitrogens with zero attached hydrogens (tertiary/aromatic N) is 3. The first kappa shape index (κ1) is 21.6. The molecule has 0 aliphatic carbocycles. The van der Waals surface area contributed by atoms with Crippen LogP contribution in [0, 0.1) is 19.7 Å². The summed E-state index contributed by atoms with van der Waals surface area (Å²) in [6.07, 6.45) is 2.22. The second kappa shape index (κ2) is 8.92. The number of hydrogen-bond donors (Lipinski definition) is 1. The molecular weight excluding hydrogens is 437 g/mol. The SMILES string of the molecule is Cc1ccc(CSc2nc(-c3cccc(F)c3)nc3c2Cc2c(CO)cnc(C)c2O3)cc1. The minimum absolute atomic E-state index is 0.123. The molecule has 5 rings (SSSR count). The Morgan fingerprint density at radius 2 is 1.88 bits per heavy atom. The number of thioether (sulfide) groups is 1. The summed E-state index contributed by atoms with van der Waals surface area (Å²) in [6.45, 7) is 3.81. The fourth-order valence-electron chi connectivity index (χ4n) is 3.81. The Hall–Kier alpha value is -3.29. The zero-order valence-electron chi connectivity index (χ0n) is 18.3. The molecule has 33 heavy (non-hydrogen) atoms. The fraction of sp³-hybridized carbons (Fsp3) is 0.192. The molecule has 0 amide bonds. The third-order valence-electron chi connectivity index (χ3n) is 5.64. The van der Waals surface area contributed by atoms with E-state index in [0.717, 1.165) is 33.2 Å². The fourth-order valence-corrected chi connectivity index (χ4v) is 4.79. The Labute approximate surface area is 195 Å². The van der Waals surface area contributed by atoms with Gasteiger partial charge in [-0.25, -0.2) is 9.37 Å². The molecule has 5 nitrogen and oxygen atoms in total. The number of benzene rings is 2. The zero-order chi connectivity index (χ0) is 22.9. The van der Waals surface area contributed by atoms with Crippen LogP contribution in [0.3, 0.4) is 0 Å². The van der Waals surface area contributed by atoms with Crippen molar-refractivity contribution >= 4 is 11.8 Å². The smallest absolute Gasteiger partial charge is 0.227 e. The molecule has 1 aliphatic heterocycles. The van der Waals surface area contributed by atoms with Crippen molar-refractivity contribution in [1.29, 1.82) is 0 Å². The van der Waals surface area contributed by atoms with E-state index in [1.54, 1.807) is 30.1 Å². The van der Waals surface area contributed by atoms with Gasteiger partial charge in [0, 0.05) is 35.1 Å². The van der Waals surface area contributed by atoms with E-state index in [9.17, 15) is 9.50 Å². The zero-order valence-corrected chi connectivity index (χ0v) is 19.1. The lowest BCUT2D eigenvalue weighted by Gasteiger charge is -2.24. The van der Waals surface area contributed by atoms with E-state index in [4.69, 9.17) is 9.72 Å². The summed E-state index contributed by atoms with van der Waals surface area (Å²) in [4.78, 5) is 13.8. The Morgan fingerprint density at radius 3 is 2.64 bits per heavy atom. The first-order valence-corrected chi connectivity index (χ1v) is 11.6. The molecule has 0 unspecified atom stereocenters. The van der Waals surface area contributed by atoms with E-state index in [0.29, 0.717) is 29.4 Å². The van der Waals surface area contributed by atoms with Crippen molar-refractivity contribution < 1.29 is 14.2 Å². The van der Waals surface area contributed by atoms with Crippen LogP contribution in [0.4, 0.5) is 4.39 Å². The van der Waals surface area contributed by atoms with Gasteiger partial charge in [0.1, 0.15) is 10.8 Å². The number of halogens is 1. The summed E-state index contributed by atoms with van der Waals surface area (Å²) in [6, 6.07) is 14.6.